The molecule has 3 rings (SSSR count). The lowest BCUT2D eigenvalue weighted by Gasteiger charge is -2.30. The van der Waals surface area contributed by atoms with E-state index in [2.05, 4.69) is 60.8 Å². The van der Waals surface area contributed by atoms with Gasteiger partial charge in [0.2, 0.25) is 0 Å². The smallest absolute Gasteiger partial charge is 0.475 e. The monoisotopic (exact) mass is 452 g/mol. The van der Waals surface area contributed by atoms with Gasteiger partial charge < -0.3 is 19.9 Å². The van der Waals surface area contributed by atoms with Crippen molar-refractivity contribution in [1.29, 1.82) is 0 Å². The molecular weight excluding hydrogens is 425 g/mol. The van der Waals surface area contributed by atoms with Gasteiger partial charge >= 0.3 is 12.1 Å². The van der Waals surface area contributed by atoms with Gasteiger partial charge in [-0.05, 0) is 25.0 Å². The van der Waals surface area contributed by atoms with Crippen LogP contribution in [0.1, 0.15) is 31.0 Å². The predicted octanol–water partition coefficient (Wildman–Crippen LogP) is 4.33. The van der Waals surface area contributed by atoms with Gasteiger partial charge in [-0.1, -0.05) is 60.7 Å². The largest absolute Gasteiger partial charge is 0.490 e. The number of carbonyl (C=O) groups is 1. The minimum atomic E-state index is -5.08. The molecule has 0 saturated carbocycles. The highest BCUT2D eigenvalue weighted by Gasteiger charge is 2.42. The number of rotatable bonds is 7. The molecular formula is C23H27F3N2O4. The van der Waals surface area contributed by atoms with E-state index < -0.39 is 12.1 Å². The molecule has 1 unspecified atom stereocenters. The Morgan fingerprint density at radius 3 is 2.19 bits per heavy atom. The first-order valence-electron chi connectivity index (χ1n) is 9.94. The van der Waals surface area contributed by atoms with E-state index in [9.17, 15) is 13.2 Å². The minimum Gasteiger partial charge on any atom is -0.475 e. The van der Waals surface area contributed by atoms with E-state index in [1.54, 1.807) is 7.11 Å². The van der Waals surface area contributed by atoms with E-state index in [1.807, 2.05) is 19.1 Å². The van der Waals surface area contributed by atoms with Gasteiger partial charge in [-0.25, -0.2) is 4.79 Å². The number of aliphatic imine (C=N–C) groups is 1. The van der Waals surface area contributed by atoms with Crippen LogP contribution in [-0.2, 0) is 19.8 Å². The lowest BCUT2D eigenvalue weighted by molar-refractivity contribution is -0.192. The fourth-order valence-electron chi connectivity index (χ4n) is 3.32. The SMILES string of the molecule is COCC(C)OCC1=N[C@@](C)(c2ccccc2)[C@@H](c2ccccc2)N1.O=C(O)C(F)(F)F. The standard InChI is InChI=1S/C21H26N2O2.C2HF3O2/c1-16(14-24-3)25-15-19-22-20(17-10-6-4-7-11-17)21(2,23-19)18-12-8-5-9-13-18;3-2(4,5)1(6)7/h4-13,16,20H,14-15H2,1-3H3,(H,22,23);(H,6,7)/t16?,20-,21+;/m1./s1. The van der Waals surface area contributed by atoms with Gasteiger partial charge in [0.15, 0.2) is 0 Å². The fraction of sp³-hybridized carbons (Fsp3) is 0.391. The van der Waals surface area contributed by atoms with Crippen LogP contribution in [0.15, 0.2) is 65.7 Å². The van der Waals surface area contributed by atoms with E-state index in [0.29, 0.717) is 13.2 Å². The van der Waals surface area contributed by atoms with Crippen LogP contribution in [0.5, 0.6) is 0 Å². The maximum atomic E-state index is 10.6. The minimum absolute atomic E-state index is 0.0354. The first-order chi connectivity index (χ1) is 15.1. The number of methoxy groups -OCH3 is 1. The molecule has 3 atom stereocenters. The Morgan fingerprint density at radius 1 is 1.16 bits per heavy atom. The summed E-state index contributed by atoms with van der Waals surface area (Å²) in [4.78, 5) is 13.9. The summed E-state index contributed by atoms with van der Waals surface area (Å²) in [6.07, 6.45) is -5.05. The zero-order chi connectivity index (χ0) is 23.8. The van der Waals surface area contributed by atoms with Crippen molar-refractivity contribution in [3.8, 4) is 0 Å². The zero-order valence-electron chi connectivity index (χ0n) is 18.1. The highest BCUT2D eigenvalue weighted by molar-refractivity contribution is 5.86. The lowest BCUT2D eigenvalue weighted by atomic mass is 9.82. The van der Waals surface area contributed by atoms with Crippen molar-refractivity contribution in [2.24, 2.45) is 4.99 Å². The topological polar surface area (TPSA) is 80.2 Å². The molecule has 6 nitrogen and oxygen atoms in total. The average molecular weight is 452 g/mol. The number of hydrogen-bond donors (Lipinski definition) is 2. The quantitative estimate of drug-likeness (QED) is 0.654. The number of aliphatic carboxylic acids is 1. The van der Waals surface area contributed by atoms with Crippen molar-refractivity contribution in [3.63, 3.8) is 0 Å². The van der Waals surface area contributed by atoms with E-state index in [0.717, 1.165) is 5.84 Å². The molecule has 0 amide bonds. The van der Waals surface area contributed by atoms with Crippen molar-refractivity contribution in [3.05, 3.63) is 71.8 Å². The summed E-state index contributed by atoms with van der Waals surface area (Å²) in [6, 6.07) is 21.0. The number of nitrogens with one attached hydrogen (secondary N) is 1. The third kappa shape index (κ3) is 6.80. The summed E-state index contributed by atoms with van der Waals surface area (Å²) < 4.78 is 42.7. The second kappa shape index (κ2) is 11.1. The molecule has 0 aliphatic carbocycles. The van der Waals surface area contributed by atoms with Gasteiger partial charge in [-0.15, -0.1) is 0 Å². The van der Waals surface area contributed by atoms with Crippen LogP contribution in [0.3, 0.4) is 0 Å². The molecule has 1 aliphatic heterocycles. The second-order valence-corrected chi connectivity index (χ2v) is 7.44. The Balaban J connectivity index is 0.000000451. The number of amidine groups is 1. The molecule has 9 heteroatoms. The molecule has 0 radical (unpaired) electrons. The molecule has 0 fully saturated rings. The third-order valence-electron chi connectivity index (χ3n) is 4.88. The Bertz CT molecular complexity index is 891. The van der Waals surface area contributed by atoms with Crippen LogP contribution in [0.2, 0.25) is 0 Å². The molecule has 1 aliphatic rings. The molecule has 32 heavy (non-hydrogen) atoms. The summed E-state index contributed by atoms with van der Waals surface area (Å²) in [5.41, 5.74) is 2.04. The maximum Gasteiger partial charge on any atom is 0.490 e. The fourth-order valence-corrected chi connectivity index (χ4v) is 3.32. The summed E-state index contributed by atoms with van der Waals surface area (Å²) in [7, 11) is 1.68. The van der Waals surface area contributed by atoms with Gasteiger partial charge in [0.1, 0.15) is 18.0 Å². The maximum absolute atomic E-state index is 10.6. The number of benzene rings is 2. The Kier molecular flexibility index (Phi) is 8.80. The number of halogens is 3. The molecule has 0 saturated heterocycles. The van der Waals surface area contributed by atoms with E-state index >= 15 is 0 Å². The number of nitrogens with zero attached hydrogens (tertiary/aromatic N) is 1. The van der Waals surface area contributed by atoms with Crippen LogP contribution >= 0.6 is 0 Å². The van der Waals surface area contributed by atoms with Crippen molar-refractivity contribution in [2.45, 2.75) is 37.7 Å². The first-order valence-corrected chi connectivity index (χ1v) is 9.94. The van der Waals surface area contributed by atoms with Crippen molar-refractivity contribution in [1.82, 2.24) is 5.32 Å². The molecule has 0 aromatic heterocycles. The summed E-state index contributed by atoms with van der Waals surface area (Å²) in [6.45, 7) is 5.21. The number of ether oxygens (including phenoxy) is 2. The van der Waals surface area contributed by atoms with E-state index in [-0.39, 0.29) is 17.7 Å². The molecule has 174 valence electrons. The summed E-state index contributed by atoms with van der Waals surface area (Å²) >= 11 is 0. The highest BCUT2D eigenvalue weighted by Crippen LogP contribution is 2.41. The van der Waals surface area contributed by atoms with Crippen molar-refractivity contribution < 1.29 is 32.5 Å². The normalized spacial score (nSPS) is 21.1. The Labute approximate surface area is 185 Å². The van der Waals surface area contributed by atoms with Gasteiger partial charge in [0.25, 0.3) is 0 Å². The van der Waals surface area contributed by atoms with Crippen LogP contribution in [-0.4, -0.2) is 49.5 Å². The summed E-state index contributed by atoms with van der Waals surface area (Å²) in [5.74, 6) is -1.88. The lowest BCUT2D eigenvalue weighted by Crippen LogP contribution is -2.34. The van der Waals surface area contributed by atoms with Crippen LogP contribution in [0.25, 0.3) is 0 Å². The number of alkyl halides is 3. The Morgan fingerprint density at radius 2 is 1.69 bits per heavy atom. The third-order valence-corrected chi connectivity index (χ3v) is 4.88. The Hall–Kier alpha value is -2.91. The van der Waals surface area contributed by atoms with Gasteiger partial charge in [0, 0.05) is 7.11 Å². The van der Waals surface area contributed by atoms with Crippen LogP contribution in [0, 0.1) is 0 Å². The number of carboxylic acid groups (broad SMARTS) is 1. The van der Waals surface area contributed by atoms with Gasteiger partial charge in [-0.2, -0.15) is 13.2 Å². The predicted molar refractivity (Wildman–Crippen MR) is 115 cm³/mol. The van der Waals surface area contributed by atoms with Gasteiger partial charge in [-0.3, -0.25) is 4.99 Å². The molecule has 1 heterocycles. The molecule has 0 spiro atoms. The molecule has 2 aromatic rings. The van der Waals surface area contributed by atoms with Crippen molar-refractivity contribution in [2.75, 3.05) is 20.3 Å². The zero-order valence-corrected chi connectivity index (χ0v) is 18.1. The molecule has 2 N–H and O–H groups in total. The number of hydrogen-bond acceptors (Lipinski definition) is 5. The summed E-state index contributed by atoms with van der Waals surface area (Å²) in [5, 5.41) is 10.7. The number of carboxylic acids is 1. The van der Waals surface area contributed by atoms with Crippen LogP contribution < -0.4 is 5.32 Å². The highest BCUT2D eigenvalue weighted by atomic mass is 19.4. The van der Waals surface area contributed by atoms with Crippen LogP contribution in [0.4, 0.5) is 13.2 Å². The van der Waals surface area contributed by atoms with Crippen molar-refractivity contribution >= 4 is 11.8 Å². The molecule has 2 aromatic carbocycles. The van der Waals surface area contributed by atoms with E-state index in [4.69, 9.17) is 24.4 Å². The van der Waals surface area contributed by atoms with E-state index in [1.165, 1.54) is 11.1 Å². The van der Waals surface area contributed by atoms with Gasteiger partial charge in [0.05, 0.1) is 18.8 Å². The molecule has 0 bridgehead atoms. The average Bonchev–Trinajstić information content (AvgIpc) is 3.11. The first kappa shape index (κ1) is 25.4. The second-order valence-electron chi connectivity index (χ2n) is 7.44.